The number of hydrogen-bond acceptors (Lipinski definition) is 6. The van der Waals surface area contributed by atoms with Crippen molar-refractivity contribution in [2.45, 2.75) is 17.8 Å². The number of ether oxygens (including phenoxy) is 2. The number of aryl methyl sites for hydroxylation is 1. The van der Waals surface area contributed by atoms with Gasteiger partial charge in [-0.3, -0.25) is 4.79 Å². The molecule has 0 spiro atoms. The summed E-state index contributed by atoms with van der Waals surface area (Å²) in [7, 11) is 0. The lowest BCUT2D eigenvalue weighted by molar-refractivity contribution is -0.118. The highest BCUT2D eigenvalue weighted by molar-refractivity contribution is 8.01. The van der Waals surface area contributed by atoms with E-state index in [1.165, 1.54) is 11.8 Å². The summed E-state index contributed by atoms with van der Waals surface area (Å²) in [6.45, 7) is 2.68. The summed E-state index contributed by atoms with van der Waals surface area (Å²) in [6.07, 6.45) is 0. The van der Waals surface area contributed by atoms with E-state index in [-0.39, 0.29) is 12.7 Å². The highest BCUT2D eigenvalue weighted by atomic mass is 32.2. The number of carbonyl (C=O) groups is 1. The summed E-state index contributed by atoms with van der Waals surface area (Å²) >= 11 is 3.02. The van der Waals surface area contributed by atoms with Gasteiger partial charge in [-0.1, -0.05) is 17.8 Å². The first kappa shape index (κ1) is 14.2. The van der Waals surface area contributed by atoms with E-state index >= 15 is 0 Å². The van der Waals surface area contributed by atoms with Gasteiger partial charge in [-0.25, -0.2) is 4.98 Å². The fourth-order valence-electron chi connectivity index (χ4n) is 1.83. The van der Waals surface area contributed by atoms with Crippen LogP contribution in [0.3, 0.4) is 0 Å². The van der Waals surface area contributed by atoms with E-state index in [0.29, 0.717) is 12.3 Å². The van der Waals surface area contributed by atoms with E-state index in [1.54, 1.807) is 11.3 Å². The summed E-state index contributed by atoms with van der Waals surface area (Å²) in [5, 5.41) is 4.87. The maximum Gasteiger partial charge on any atom is 0.231 e. The second kappa shape index (κ2) is 6.36. The number of amides is 1. The number of benzene rings is 1. The average Bonchev–Trinajstić information content (AvgIpc) is 3.10. The third-order valence-electron chi connectivity index (χ3n) is 2.85. The summed E-state index contributed by atoms with van der Waals surface area (Å²) in [6, 6.07) is 5.67. The normalized spacial score (nSPS) is 12.4. The summed E-state index contributed by atoms with van der Waals surface area (Å²) in [5.74, 6) is 1.84. The number of hydrogen-bond donors (Lipinski definition) is 1. The van der Waals surface area contributed by atoms with Gasteiger partial charge in [-0.2, -0.15) is 0 Å². The predicted molar refractivity (Wildman–Crippen MR) is 82.0 cm³/mol. The number of fused-ring (bicyclic) bond motifs is 1. The third-order valence-corrected chi connectivity index (χ3v) is 4.99. The number of carbonyl (C=O) groups excluding carboxylic acids is 1. The fraction of sp³-hybridized carbons (Fsp3) is 0.286. The molecule has 0 radical (unpaired) electrons. The first-order valence-electron chi connectivity index (χ1n) is 6.41. The molecule has 21 heavy (non-hydrogen) atoms. The van der Waals surface area contributed by atoms with Crippen molar-refractivity contribution < 1.29 is 14.3 Å². The van der Waals surface area contributed by atoms with Crippen LogP contribution >= 0.6 is 23.1 Å². The molecule has 1 N–H and O–H groups in total. The molecule has 0 fully saturated rings. The zero-order valence-electron chi connectivity index (χ0n) is 11.4. The molecule has 7 heteroatoms. The number of thioether (sulfide) groups is 1. The number of nitrogens with one attached hydrogen (secondary N) is 1. The van der Waals surface area contributed by atoms with Crippen LogP contribution in [-0.4, -0.2) is 23.4 Å². The van der Waals surface area contributed by atoms with Crippen LogP contribution in [0.15, 0.2) is 27.9 Å². The first-order valence-corrected chi connectivity index (χ1v) is 8.27. The summed E-state index contributed by atoms with van der Waals surface area (Å²) in [4.78, 5) is 16.1. The Balaban J connectivity index is 1.47. The molecule has 5 nitrogen and oxygen atoms in total. The Hall–Kier alpha value is -1.73. The molecular formula is C14H14N2O3S2. The van der Waals surface area contributed by atoms with Gasteiger partial charge in [0, 0.05) is 17.6 Å². The SMILES string of the molecule is Cc1csc(SCC(=O)NCc2ccc3c(c2)OCO3)n1. The van der Waals surface area contributed by atoms with Crippen LogP contribution in [-0.2, 0) is 11.3 Å². The van der Waals surface area contributed by atoms with Crippen molar-refractivity contribution >= 4 is 29.0 Å². The standard InChI is InChI=1S/C14H14N2O3S2/c1-9-6-20-14(16-9)21-7-13(17)15-5-10-2-3-11-12(4-10)19-8-18-11/h2-4,6H,5,7-8H2,1H3,(H,15,17). The Morgan fingerprint density at radius 3 is 3.10 bits per heavy atom. The Labute approximate surface area is 130 Å². The lowest BCUT2D eigenvalue weighted by Gasteiger charge is -2.05. The van der Waals surface area contributed by atoms with E-state index in [2.05, 4.69) is 10.3 Å². The summed E-state index contributed by atoms with van der Waals surface area (Å²) < 4.78 is 11.5. The highest BCUT2D eigenvalue weighted by Crippen LogP contribution is 2.32. The molecule has 2 heterocycles. The number of thiazole rings is 1. The minimum atomic E-state index is -0.00878. The number of rotatable bonds is 5. The van der Waals surface area contributed by atoms with Gasteiger partial charge in [-0.15, -0.1) is 11.3 Å². The average molecular weight is 322 g/mol. The molecule has 0 saturated carbocycles. The minimum absolute atomic E-state index is 0.00878. The molecule has 0 unspecified atom stereocenters. The lowest BCUT2D eigenvalue weighted by Crippen LogP contribution is -2.24. The van der Waals surface area contributed by atoms with E-state index in [0.717, 1.165) is 27.1 Å². The van der Waals surface area contributed by atoms with Gasteiger partial charge in [0.05, 0.1) is 5.75 Å². The van der Waals surface area contributed by atoms with Crippen LogP contribution in [0.25, 0.3) is 0 Å². The minimum Gasteiger partial charge on any atom is -0.454 e. The Morgan fingerprint density at radius 1 is 1.43 bits per heavy atom. The highest BCUT2D eigenvalue weighted by Gasteiger charge is 2.13. The molecule has 0 aliphatic carbocycles. The first-order chi connectivity index (χ1) is 10.2. The number of nitrogens with zero attached hydrogens (tertiary/aromatic N) is 1. The quantitative estimate of drug-likeness (QED) is 0.857. The molecular weight excluding hydrogens is 308 g/mol. The second-order valence-electron chi connectivity index (χ2n) is 4.51. The van der Waals surface area contributed by atoms with Crippen LogP contribution in [0.5, 0.6) is 11.5 Å². The third kappa shape index (κ3) is 3.68. The van der Waals surface area contributed by atoms with Gasteiger partial charge in [0.15, 0.2) is 15.8 Å². The molecule has 1 aliphatic rings. The van der Waals surface area contributed by atoms with Gasteiger partial charge >= 0.3 is 0 Å². The van der Waals surface area contributed by atoms with Gasteiger partial charge in [0.25, 0.3) is 0 Å². The molecule has 1 aliphatic heterocycles. The van der Waals surface area contributed by atoms with Crippen LogP contribution in [0.2, 0.25) is 0 Å². The van der Waals surface area contributed by atoms with Crippen LogP contribution in [0, 0.1) is 6.92 Å². The Bertz CT molecular complexity index is 657. The van der Waals surface area contributed by atoms with Crippen molar-refractivity contribution in [2.75, 3.05) is 12.5 Å². The van der Waals surface area contributed by atoms with Gasteiger partial charge in [0.1, 0.15) is 0 Å². The van der Waals surface area contributed by atoms with Crippen molar-refractivity contribution in [2.24, 2.45) is 0 Å². The second-order valence-corrected chi connectivity index (χ2v) is 6.59. The zero-order chi connectivity index (χ0) is 14.7. The van der Waals surface area contributed by atoms with Crippen molar-refractivity contribution in [3.63, 3.8) is 0 Å². The smallest absolute Gasteiger partial charge is 0.231 e. The van der Waals surface area contributed by atoms with Crippen LogP contribution < -0.4 is 14.8 Å². The molecule has 0 bridgehead atoms. The molecule has 1 amide bonds. The predicted octanol–water partition coefficient (Wildman–Crippen LogP) is 2.59. The molecule has 1 aromatic carbocycles. The van der Waals surface area contributed by atoms with E-state index < -0.39 is 0 Å². The molecule has 2 aromatic rings. The van der Waals surface area contributed by atoms with Gasteiger partial charge < -0.3 is 14.8 Å². The molecule has 0 atom stereocenters. The zero-order valence-corrected chi connectivity index (χ0v) is 13.1. The Morgan fingerprint density at radius 2 is 2.29 bits per heavy atom. The van der Waals surface area contributed by atoms with Crippen LogP contribution in [0.1, 0.15) is 11.3 Å². The monoisotopic (exact) mass is 322 g/mol. The van der Waals surface area contributed by atoms with E-state index in [4.69, 9.17) is 9.47 Å². The lowest BCUT2D eigenvalue weighted by atomic mass is 10.2. The number of aromatic nitrogens is 1. The Kier molecular flexibility index (Phi) is 4.31. The topological polar surface area (TPSA) is 60.5 Å². The maximum absolute atomic E-state index is 11.8. The van der Waals surface area contributed by atoms with E-state index in [1.807, 2.05) is 30.5 Å². The molecule has 0 saturated heterocycles. The largest absolute Gasteiger partial charge is 0.454 e. The van der Waals surface area contributed by atoms with Crippen molar-refractivity contribution in [3.05, 3.63) is 34.8 Å². The van der Waals surface area contributed by atoms with E-state index in [9.17, 15) is 4.79 Å². The summed E-state index contributed by atoms with van der Waals surface area (Å²) in [5.41, 5.74) is 1.98. The van der Waals surface area contributed by atoms with Crippen molar-refractivity contribution in [1.82, 2.24) is 10.3 Å². The van der Waals surface area contributed by atoms with Crippen molar-refractivity contribution in [1.29, 1.82) is 0 Å². The van der Waals surface area contributed by atoms with Gasteiger partial charge in [-0.05, 0) is 24.6 Å². The van der Waals surface area contributed by atoms with Crippen molar-refractivity contribution in [3.8, 4) is 11.5 Å². The maximum atomic E-state index is 11.8. The molecule has 1 aromatic heterocycles. The molecule has 3 rings (SSSR count). The van der Waals surface area contributed by atoms with Gasteiger partial charge in [0.2, 0.25) is 12.7 Å². The molecule has 110 valence electrons. The fourth-order valence-corrected chi connectivity index (χ4v) is 3.51. The van der Waals surface area contributed by atoms with Crippen LogP contribution in [0.4, 0.5) is 0 Å².